The average molecular weight is 418 g/mol. The van der Waals surface area contributed by atoms with Crippen molar-refractivity contribution in [3.8, 4) is 5.75 Å². The highest BCUT2D eigenvalue weighted by atomic mass is 79.9. The van der Waals surface area contributed by atoms with Gasteiger partial charge in [0.2, 0.25) is 0 Å². The molecule has 22 heavy (non-hydrogen) atoms. The van der Waals surface area contributed by atoms with Crippen LogP contribution in [-0.4, -0.2) is 36.2 Å². The van der Waals surface area contributed by atoms with Gasteiger partial charge in [-0.25, -0.2) is 4.39 Å². The number of benzene rings is 1. The van der Waals surface area contributed by atoms with Gasteiger partial charge in [0.1, 0.15) is 0 Å². The van der Waals surface area contributed by atoms with Gasteiger partial charge in [-0.1, -0.05) is 29.8 Å². The quantitative estimate of drug-likeness (QED) is 0.772. The third-order valence-corrected chi connectivity index (χ3v) is 4.16. The number of nitrogens with one attached hydrogen (secondary N) is 1. The van der Waals surface area contributed by atoms with Crippen molar-refractivity contribution in [1.29, 1.82) is 0 Å². The van der Waals surface area contributed by atoms with Gasteiger partial charge in [0, 0.05) is 42.3 Å². The predicted octanol–water partition coefficient (Wildman–Crippen LogP) is 4.13. The summed E-state index contributed by atoms with van der Waals surface area (Å²) in [5.74, 6) is -0.285. The van der Waals surface area contributed by atoms with Gasteiger partial charge >= 0.3 is 0 Å². The zero-order chi connectivity index (χ0) is 14.7. The summed E-state index contributed by atoms with van der Waals surface area (Å²) in [5.41, 5.74) is 0.687. The molecule has 1 aromatic carbocycles. The van der Waals surface area contributed by atoms with Crippen molar-refractivity contribution >= 4 is 40.7 Å². The molecule has 0 aromatic heterocycles. The monoisotopic (exact) mass is 416 g/mol. The minimum absolute atomic E-state index is 0. The van der Waals surface area contributed by atoms with E-state index >= 15 is 0 Å². The number of hydrogen-bond acceptors (Lipinski definition) is 3. The van der Waals surface area contributed by atoms with E-state index < -0.39 is 5.82 Å². The van der Waals surface area contributed by atoms with Crippen molar-refractivity contribution < 1.29 is 9.50 Å². The smallest absolute Gasteiger partial charge is 0.166 e. The van der Waals surface area contributed by atoms with Gasteiger partial charge in [-0.2, -0.15) is 0 Å². The molecular weight excluding hydrogens is 394 g/mol. The molecule has 0 spiro atoms. The molecule has 1 saturated heterocycles. The van der Waals surface area contributed by atoms with Crippen LogP contribution in [0.2, 0.25) is 0 Å². The van der Waals surface area contributed by atoms with Gasteiger partial charge in [-0.15, -0.1) is 24.8 Å². The first-order valence-electron chi connectivity index (χ1n) is 7.11. The van der Waals surface area contributed by atoms with Crippen molar-refractivity contribution in [3.63, 3.8) is 0 Å². The standard InChI is InChI=1S/C15H22BrFN2O.2ClH/c1-10(2)7-14(19-5-3-18-4-6-19)12-8-11(16)9-13(17)15(12)20;;/h8-10,14,18,20H,3-7H2,1-2H3;2*1H/t14-;;/m1../s1. The molecule has 1 aliphatic rings. The minimum Gasteiger partial charge on any atom is -0.505 e. The Kier molecular flexibility index (Phi) is 9.90. The van der Waals surface area contributed by atoms with Crippen LogP contribution in [0.5, 0.6) is 5.75 Å². The first-order valence-corrected chi connectivity index (χ1v) is 7.91. The lowest BCUT2D eigenvalue weighted by atomic mass is 9.94. The van der Waals surface area contributed by atoms with Crippen LogP contribution < -0.4 is 5.32 Å². The molecule has 1 fully saturated rings. The zero-order valence-electron chi connectivity index (χ0n) is 12.8. The Hall–Kier alpha value is -0.0700. The fourth-order valence-corrected chi connectivity index (χ4v) is 3.20. The number of nitrogens with zero attached hydrogens (tertiary/aromatic N) is 1. The molecular formula is C15H24BrCl2FN2O. The topological polar surface area (TPSA) is 35.5 Å². The van der Waals surface area contributed by atoms with Crippen molar-refractivity contribution in [2.24, 2.45) is 5.92 Å². The number of phenols is 1. The van der Waals surface area contributed by atoms with E-state index in [0.717, 1.165) is 32.6 Å². The van der Waals surface area contributed by atoms with E-state index in [4.69, 9.17) is 0 Å². The second kappa shape index (κ2) is 9.93. The summed E-state index contributed by atoms with van der Waals surface area (Å²) >= 11 is 3.32. The highest BCUT2D eigenvalue weighted by Crippen LogP contribution is 2.37. The lowest BCUT2D eigenvalue weighted by Gasteiger charge is -2.36. The van der Waals surface area contributed by atoms with Gasteiger partial charge in [0.25, 0.3) is 0 Å². The van der Waals surface area contributed by atoms with Crippen molar-refractivity contribution in [3.05, 3.63) is 28.0 Å². The number of aromatic hydroxyl groups is 1. The van der Waals surface area contributed by atoms with Crippen LogP contribution >= 0.6 is 40.7 Å². The Morgan fingerprint density at radius 1 is 1.27 bits per heavy atom. The molecule has 2 rings (SSSR count). The Morgan fingerprint density at radius 2 is 1.86 bits per heavy atom. The number of hydrogen-bond donors (Lipinski definition) is 2. The van der Waals surface area contributed by atoms with Crippen LogP contribution in [0.3, 0.4) is 0 Å². The Labute approximate surface area is 152 Å². The molecule has 0 amide bonds. The number of phenolic OH excluding ortho intramolecular Hbond substituents is 1. The largest absolute Gasteiger partial charge is 0.505 e. The van der Waals surface area contributed by atoms with Gasteiger partial charge in [0.15, 0.2) is 11.6 Å². The average Bonchev–Trinajstić information content (AvgIpc) is 2.41. The van der Waals surface area contributed by atoms with Crippen molar-refractivity contribution in [1.82, 2.24) is 10.2 Å². The Bertz CT molecular complexity index is 471. The summed E-state index contributed by atoms with van der Waals surface area (Å²) in [6.45, 7) is 8.02. The SMILES string of the molecule is CC(C)C[C@H](c1cc(Br)cc(F)c1O)N1CCNCC1.Cl.Cl. The molecule has 128 valence electrons. The van der Waals surface area contributed by atoms with Crippen LogP contribution in [0, 0.1) is 11.7 Å². The third-order valence-electron chi connectivity index (χ3n) is 3.70. The summed E-state index contributed by atoms with van der Waals surface area (Å²) in [6.07, 6.45) is 0.906. The molecule has 7 heteroatoms. The van der Waals surface area contributed by atoms with Crippen LogP contribution in [0.25, 0.3) is 0 Å². The zero-order valence-corrected chi connectivity index (χ0v) is 16.0. The molecule has 0 radical (unpaired) electrons. The second-order valence-corrected chi connectivity index (χ2v) is 6.67. The first-order chi connectivity index (χ1) is 9.49. The van der Waals surface area contributed by atoms with E-state index in [0.29, 0.717) is 16.0 Å². The molecule has 1 heterocycles. The summed E-state index contributed by atoms with van der Waals surface area (Å²) in [7, 11) is 0. The fraction of sp³-hybridized carbons (Fsp3) is 0.600. The third kappa shape index (κ3) is 5.53. The first kappa shape index (κ1) is 21.9. The second-order valence-electron chi connectivity index (χ2n) is 5.76. The number of rotatable bonds is 4. The van der Waals surface area contributed by atoms with Gasteiger partial charge in [0.05, 0.1) is 0 Å². The summed E-state index contributed by atoms with van der Waals surface area (Å²) in [4.78, 5) is 2.33. The molecule has 0 saturated carbocycles. The molecule has 1 aliphatic heterocycles. The van der Waals surface area contributed by atoms with Gasteiger partial charge in [-0.05, 0) is 24.5 Å². The maximum Gasteiger partial charge on any atom is 0.166 e. The van der Waals surface area contributed by atoms with Crippen LogP contribution in [-0.2, 0) is 0 Å². The maximum absolute atomic E-state index is 13.8. The normalized spacial score (nSPS) is 16.8. The molecule has 2 N–H and O–H groups in total. The van der Waals surface area contributed by atoms with E-state index in [-0.39, 0.29) is 36.6 Å². The predicted molar refractivity (Wildman–Crippen MR) is 96.9 cm³/mol. The van der Waals surface area contributed by atoms with Gasteiger partial charge < -0.3 is 10.4 Å². The number of piperazine rings is 1. The maximum atomic E-state index is 13.8. The Balaban J connectivity index is 0.00000220. The minimum atomic E-state index is -0.557. The lowest BCUT2D eigenvalue weighted by molar-refractivity contribution is 0.151. The molecule has 0 unspecified atom stereocenters. The number of halogens is 4. The van der Waals surface area contributed by atoms with E-state index in [1.165, 1.54) is 6.07 Å². The molecule has 1 atom stereocenters. The molecule has 1 aromatic rings. The summed E-state index contributed by atoms with van der Waals surface area (Å²) in [6, 6.07) is 3.21. The summed E-state index contributed by atoms with van der Waals surface area (Å²) < 4.78 is 14.5. The summed E-state index contributed by atoms with van der Waals surface area (Å²) in [5, 5.41) is 13.4. The molecule has 0 bridgehead atoms. The van der Waals surface area contributed by atoms with Crippen LogP contribution in [0.15, 0.2) is 16.6 Å². The van der Waals surface area contributed by atoms with Crippen molar-refractivity contribution in [2.75, 3.05) is 26.2 Å². The van der Waals surface area contributed by atoms with Crippen molar-refractivity contribution in [2.45, 2.75) is 26.3 Å². The van der Waals surface area contributed by atoms with E-state index in [9.17, 15) is 9.50 Å². The van der Waals surface area contributed by atoms with Crippen LogP contribution in [0.4, 0.5) is 4.39 Å². The Morgan fingerprint density at radius 3 is 2.41 bits per heavy atom. The highest BCUT2D eigenvalue weighted by molar-refractivity contribution is 9.10. The highest BCUT2D eigenvalue weighted by Gasteiger charge is 2.26. The van der Waals surface area contributed by atoms with E-state index in [1.54, 1.807) is 0 Å². The van der Waals surface area contributed by atoms with E-state index in [2.05, 4.69) is 40.0 Å². The van der Waals surface area contributed by atoms with Gasteiger partial charge in [-0.3, -0.25) is 4.90 Å². The fourth-order valence-electron chi connectivity index (χ4n) is 2.75. The molecule has 3 nitrogen and oxygen atoms in total. The van der Waals surface area contributed by atoms with Crippen LogP contribution in [0.1, 0.15) is 31.9 Å². The lowest BCUT2D eigenvalue weighted by Crippen LogP contribution is -2.45. The molecule has 0 aliphatic carbocycles. The van der Waals surface area contributed by atoms with E-state index in [1.807, 2.05) is 6.07 Å².